The minimum absolute atomic E-state index is 0.772. The first-order valence-corrected chi connectivity index (χ1v) is 7.48. The second-order valence-electron chi connectivity index (χ2n) is 4.73. The molecular weight excluding hydrogens is 300 g/mol. The van der Waals surface area contributed by atoms with E-state index in [9.17, 15) is 0 Å². The van der Waals surface area contributed by atoms with Gasteiger partial charge in [-0.25, -0.2) is 0 Å². The summed E-state index contributed by atoms with van der Waals surface area (Å²) in [6, 6.07) is 16.8. The molecule has 0 heterocycles. The van der Waals surface area contributed by atoms with E-state index in [0.29, 0.717) is 0 Å². The van der Waals surface area contributed by atoms with Crippen LogP contribution in [0.1, 0.15) is 24.0 Å². The van der Waals surface area contributed by atoms with Crippen LogP contribution in [0, 0.1) is 6.92 Å². The van der Waals surface area contributed by atoms with Gasteiger partial charge in [-0.05, 0) is 65.4 Å². The van der Waals surface area contributed by atoms with Crippen LogP contribution < -0.4 is 4.74 Å². The molecule has 0 saturated carbocycles. The SMILES string of the molecule is Cc1ccc(OCCCCc2ccccc2)c(Br)c1. The molecule has 0 aromatic heterocycles. The average molecular weight is 319 g/mol. The van der Waals surface area contributed by atoms with Gasteiger partial charge >= 0.3 is 0 Å². The van der Waals surface area contributed by atoms with Crippen LogP contribution in [-0.2, 0) is 6.42 Å². The third-order valence-electron chi connectivity index (χ3n) is 3.05. The number of rotatable bonds is 6. The van der Waals surface area contributed by atoms with Crippen molar-refractivity contribution >= 4 is 15.9 Å². The number of unbranched alkanes of at least 4 members (excludes halogenated alkanes) is 1. The van der Waals surface area contributed by atoms with Crippen molar-refractivity contribution in [2.24, 2.45) is 0 Å². The molecule has 0 unspecified atom stereocenters. The van der Waals surface area contributed by atoms with Crippen LogP contribution in [0.2, 0.25) is 0 Å². The van der Waals surface area contributed by atoms with Crippen molar-refractivity contribution in [2.75, 3.05) is 6.61 Å². The van der Waals surface area contributed by atoms with Crippen LogP contribution in [0.5, 0.6) is 5.75 Å². The third kappa shape index (κ3) is 4.71. The Balaban J connectivity index is 1.69. The highest BCUT2D eigenvalue weighted by Crippen LogP contribution is 2.25. The lowest BCUT2D eigenvalue weighted by molar-refractivity contribution is 0.305. The summed E-state index contributed by atoms with van der Waals surface area (Å²) in [4.78, 5) is 0. The molecule has 0 bridgehead atoms. The summed E-state index contributed by atoms with van der Waals surface area (Å²) in [6.07, 6.45) is 3.36. The topological polar surface area (TPSA) is 9.23 Å². The smallest absolute Gasteiger partial charge is 0.133 e. The van der Waals surface area contributed by atoms with Crippen LogP contribution in [0.4, 0.5) is 0 Å². The molecule has 0 aliphatic heterocycles. The summed E-state index contributed by atoms with van der Waals surface area (Å²) >= 11 is 3.53. The largest absolute Gasteiger partial charge is 0.492 e. The minimum Gasteiger partial charge on any atom is -0.492 e. The maximum Gasteiger partial charge on any atom is 0.133 e. The van der Waals surface area contributed by atoms with Gasteiger partial charge in [0.15, 0.2) is 0 Å². The normalized spacial score (nSPS) is 10.4. The molecule has 0 spiro atoms. The maximum absolute atomic E-state index is 5.78. The summed E-state index contributed by atoms with van der Waals surface area (Å²) in [5.74, 6) is 0.935. The summed E-state index contributed by atoms with van der Waals surface area (Å²) in [7, 11) is 0. The fourth-order valence-electron chi connectivity index (χ4n) is 1.98. The van der Waals surface area contributed by atoms with Crippen LogP contribution in [0.3, 0.4) is 0 Å². The highest BCUT2D eigenvalue weighted by atomic mass is 79.9. The van der Waals surface area contributed by atoms with E-state index in [-0.39, 0.29) is 0 Å². The highest BCUT2D eigenvalue weighted by Gasteiger charge is 2.00. The zero-order valence-electron chi connectivity index (χ0n) is 11.2. The van der Waals surface area contributed by atoms with Crippen molar-refractivity contribution in [3.8, 4) is 5.75 Å². The van der Waals surface area contributed by atoms with E-state index in [1.165, 1.54) is 11.1 Å². The fourth-order valence-corrected chi connectivity index (χ4v) is 2.59. The highest BCUT2D eigenvalue weighted by molar-refractivity contribution is 9.10. The van der Waals surface area contributed by atoms with E-state index in [1.54, 1.807) is 0 Å². The third-order valence-corrected chi connectivity index (χ3v) is 3.67. The summed E-state index contributed by atoms with van der Waals surface area (Å²) in [5.41, 5.74) is 2.64. The zero-order valence-corrected chi connectivity index (χ0v) is 12.8. The molecule has 0 aliphatic rings. The molecule has 0 saturated heterocycles. The molecule has 0 amide bonds. The minimum atomic E-state index is 0.772. The van der Waals surface area contributed by atoms with E-state index in [1.807, 2.05) is 6.07 Å². The van der Waals surface area contributed by atoms with Crippen molar-refractivity contribution < 1.29 is 4.74 Å². The monoisotopic (exact) mass is 318 g/mol. The quantitative estimate of drug-likeness (QED) is 0.668. The van der Waals surface area contributed by atoms with Gasteiger partial charge in [0.25, 0.3) is 0 Å². The predicted molar refractivity (Wildman–Crippen MR) is 83.8 cm³/mol. The molecule has 2 heteroatoms. The molecule has 1 nitrogen and oxygen atoms in total. The molecule has 0 N–H and O–H groups in total. The molecule has 19 heavy (non-hydrogen) atoms. The number of halogens is 1. The second-order valence-corrected chi connectivity index (χ2v) is 5.58. The average Bonchev–Trinajstić information content (AvgIpc) is 2.42. The standard InChI is InChI=1S/C17H19BrO/c1-14-10-11-17(16(18)13-14)19-12-6-5-9-15-7-3-2-4-8-15/h2-4,7-8,10-11,13H,5-6,9,12H2,1H3. The number of benzene rings is 2. The lowest BCUT2D eigenvalue weighted by Crippen LogP contribution is -1.99. The number of aryl methyl sites for hydroxylation is 2. The van der Waals surface area contributed by atoms with Gasteiger partial charge < -0.3 is 4.74 Å². The van der Waals surface area contributed by atoms with Crippen molar-refractivity contribution in [3.63, 3.8) is 0 Å². The summed E-state index contributed by atoms with van der Waals surface area (Å²) in [5, 5.41) is 0. The molecule has 100 valence electrons. The predicted octanol–water partition coefficient (Wildman–Crippen LogP) is 5.16. The number of ether oxygens (including phenoxy) is 1. The zero-order chi connectivity index (χ0) is 13.5. The number of hydrogen-bond acceptors (Lipinski definition) is 1. The first kappa shape index (κ1) is 14.1. The Labute approximate surface area is 123 Å². The van der Waals surface area contributed by atoms with E-state index >= 15 is 0 Å². The Morgan fingerprint density at radius 1 is 1.00 bits per heavy atom. The van der Waals surface area contributed by atoms with Crippen LogP contribution in [0.15, 0.2) is 53.0 Å². The van der Waals surface area contributed by atoms with Gasteiger partial charge in [0.2, 0.25) is 0 Å². The Bertz CT molecular complexity index is 508. The van der Waals surface area contributed by atoms with Gasteiger partial charge in [-0.3, -0.25) is 0 Å². The molecular formula is C17H19BrO. The van der Waals surface area contributed by atoms with Gasteiger partial charge in [-0.2, -0.15) is 0 Å². The van der Waals surface area contributed by atoms with Crippen molar-refractivity contribution in [2.45, 2.75) is 26.2 Å². The van der Waals surface area contributed by atoms with Gasteiger partial charge in [0.1, 0.15) is 5.75 Å². The van der Waals surface area contributed by atoms with E-state index in [2.05, 4.69) is 65.3 Å². The first-order chi connectivity index (χ1) is 9.25. The Morgan fingerprint density at radius 2 is 1.79 bits per heavy atom. The summed E-state index contributed by atoms with van der Waals surface area (Å²) < 4.78 is 6.82. The van der Waals surface area contributed by atoms with Crippen molar-refractivity contribution in [1.29, 1.82) is 0 Å². The number of hydrogen-bond donors (Lipinski definition) is 0. The van der Waals surface area contributed by atoms with E-state index < -0.39 is 0 Å². The van der Waals surface area contributed by atoms with Gasteiger partial charge in [0, 0.05) is 0 Å². The van der Waals surface area contributed by atoms with Crippen LogP contribution >= 0.6 is 15.9 Å². The Kier molecular flexibility index (Phi) is 5.46. The lowest BCUT2D eigenvalue weighted by Gasteiger charge is -2.08. The molecule has 2 aromatic rings. The molecule has 2 rings (SSSR count). The van der Waals surface area contributed by atoms with Gasteiger partial charge in [-0.15, -0.1) is 0 Å². The van der Waals surface area contributed by atoms with Gasteiger partial charge in [-0.1, -0.05) is 36.4 Å². The lowest BCUT2D eigenvalue weighted by atomic mass is 10.1. The van der Waals surface area contributed by atoms with E-state index in [0.717, 1.165) is 36.1 Å². The van der Waals surface area contributed by atoms with E-state index in [4.69, 9.17) is 4.74 Å². The Hall–Kier alpha value is -1.28. The molecule has 0 radical (unpaired) electrons. The maximum atomic E-state index is 5.78. The van der Waals surface area contributed by atoms with Crippen molar-refractivity contribution in [3.05, 3.63) is 64.1 Å². The molecule has 2 aromatic carbocycles. The van der Waals surface area contributed by atoms with Crippen molar-refractivity contribution in [1.82, 2.24) is 0 Å². The molecule has 0 aliphatic carbocycles. The van der Waals surface area contributed by atoms with Crippen LogP contribution in [0.25, 0.3) is 0 Å². The first-order valence-electron chi connectivity index (χ1n) is 6.68. The van der Waals surface area contributed by atoms with Crippen LogP contribution in [-0.4, -0.2) is 6.61 Å². The Morgan fingerprint density at radius 3 is 2.53 bits per heavy atom. The second kappa shape index (κ2) is 7.34. The summed E-state index contributed by atoms with van der Waals surface area (Å²) in [6.45, 7) is 2.85. The molecule has 0 fully saturated rings. The molecule has 0 atom stereocenters. The van der Waals surface area contributed by atoms with Gasteiger partial charge in [0.05, 0.1) is 11.1 Å². The fraction of sp³-hybridized carbons (Fsp3) is 0.294.